The van der Waals surface area contributed by atoms with Gasteiger partial charge in [-0.3, -0.25) is 0 Å². The smallest absolute Gasteiger partial charge is 0.338 e. The summed E-state index contributed by atoms with van der Waals surface area (Å²) in [6.07, 6.45) is 0.400. The van der Waals surface area contributed by atoms with Crippen molar-refractivity contribution in [3.05, 3.63) is 77.9 Å². The Labute approximate surface area is 157 Å². The van der Waals surface area contributed by atoms with E-state index in [0.29, 0.717) is 17.5 Å². The average molecular weight is 364 g/mol. The van der Waals surface area contributed by atoms with Gasteiger partial charge >= 0.3 is 5.97 Å². The van der Waals surface area contributed by atoms with E-state index >= 15 is 0 Å². The standard InChI is InChI=1S/C22H20O5/c1-26-21-8-6-17(7-9-21)16-2-4-18(5-3-16)22(25)27-11-10-15-12-19(23)14-20(24)13-15/h2-9,12-14,23-24H,10-11H2,1H3. The highest BCUT2D eigenvalue weighted by Crippen LogP contribution is 2.23. The van der Waals surface area contributed by atoms with Gasteiger partial charge in [-0.2, -0.15) is 0 Å². The molecule has 0 fully saturated rings. The molecule has 0 bridgehead atoms. The maximum atomic E-state index is 12.2. The average Bonchev–Trinajstić information content (AvgIpc) is 2.67. The van der Waals surface area contributed by atoms with Crippen molar-refractivity contribution >= 4 is 5.97 Å². The molecule has 0 unspecified atom stereocenters. The number of phenolic OH excluding ortho intramolecular Hbond substituents is 2. The second-order valence-corrected chi connectivity index (χ2v) is 6.05. The quantitative estimate of drug-likeness (QED) is 0.642. The molecular weight excluding hydrogens is 344 g/mol. The number of methoxy groups -OCH3 is 1. The van der Waals surface area contributed by atoms with Crippen molar-refractivity contribution in [2.24, 2.45) is 0 Å². The number of carbonyl (C=O) groups excluding carboxylic acids is 1. The Morgan fingerprint density at radius 2 is 1.41 bits per heavy atom. The highest BCUT2D eigenvalue weighted by Gasteiger charge is 2.08. The lowest BCUT2D eigenvalue weighted by Crippen LogP contribution is -2.08. The minimum absolute atomic E-state index is 0.0227. The summed E-state index contributed by atoms with van der Waals surface area (Å²) in [5.74, 6) is 0.329. The number of aromatic hydroxyl groups is 2. The highest BCUT2D eigenvalue weighted by atomic mass is 16.5. The summed E-state index contributed by atoms with van der Waals surface area (Å²) in [6.45, 7) is 0.155. The van der Waals surface area contributed by atoms with E-state index in [1.165, 1.54) is 18.2 Å². The van der Waals surface area contributed by atoms with Crippen LogP contribution in [0.1, 0.15) is 15.9 Å². The van der Waals surface area contributed by atoms with Gasteiger partial charge < -0.3 is 19.7 Å². The third-order valence-corrected chi connectivity index (χ3v) is 4.13. The minimum Gasteiger partial charge on any atom is -0.508 e. The third-order valence-electron chi connectivity index (χ3n) is 4.13. The topological polar surface area (TPSA) is 76.0 Å². The molecule has 0 saturated heterocycles. The summed E-state index contributed by atoms with van der Waals surface area (Å²) in [5, 5.41) is 18.9. The van der Waals surface area contributed by atoms with Gasteiger partial charge in [-0.1, -0.05) is 24.3 Å². The van der Waals surface area contributed by atoms with Crippen molar-refractivity contribution in [2.45, 2.75) is 6.42 Å². The number of rotatable bonds is 6. The monoisotopic (exact) mass is 364 g/mol. The number of phenols is 2. The molecule has 0 aliphatic carbocycles. The van der Waals surface area contributed by atoms with E-state index in [2.05, 4.69) is 0 Å². The van der Waals surface area contributed by atoms with Crippen molar-refractivity contribution in [1.29, 1.82) is 0 Å². The lowest BCUT2D eigenvalue weighted by Gasteiger charge is -2.07. The van der Waals surface area contributed by atoms with E-state index < -0.39 is 5.97 Å². The van der Waals surface area contributed by atoms with Crippen LogP contribution >= 0.6 is 0 Å². The van der Waals surface area contributed by atoms with Crippen LogP contribution in [-0.4, -0.2) is 29.9 Å². The Morgan fingerprint density at radius 3 is 1.96 bits per heavy atom. The Morgan fingerprint density at radius 1 is 0.852 bits per heavy atom. The summed E-state index contributed by atoms with van der Waals surface area (Å²) >= 11 is 0. The number of carbonyl (C=O) groups is 1. The number of hydrogen-bond donors (Lipinski definition) is 2. The zero-order chi connectivity index (χ0) is 19.2. The predicted molar refractivity (Wildman–Crippen MR) is 102 cm³/mol. The summed E-state index contributed by atoms with van der Waals surface area (Å²) < 4.78 is 10.4. The molecule has 3 aromatic carbocycles. The fourth-order valence-corrected chi connectivity index (χ4v) is 2.73. The number of hydrogen-bond acceptors (Lipinski definition) is 5. The maximum Gasteiger partial charge on any atom is 0.338 e. The zero-order valence-electron chi connectivity index (χ0n) is 14.9. The van der Waals surface area contributed by atoms with Crippen molar-refractivity contribution in [3.8, 4) is 28.4 Å². The van der Waals surface area contributed by atoms with Gasteiger partial charge in [0.1, 0.15) is 17.2 Å². The summed E-state index contributed by atoms with van der Waals surface area (Å²) in [7, 11) is 1.62. The molecule has 0 radical (unpaired) electrons. The van der Waals surface area contributed by atoms with E-state index in [4.69, 9.17) is 9.47 Å². The van der Waals surface area contributed by atoms with Crippen LogP contribution in [0.15, 0.2) is 66.7 Å². The van der Waals surface area contributed by atoms with Crippen molar-refractivity contribution in [2.75, 3.05) is 13.7 Å². The molecule has 0 saturated carbocycles. The molecule has 0 atom stereocenters. The highest BCUT2D eigenvalue weighted by molar-refractivity contribution is 5.90. The molecular formula is C22H20O5. The lowest BCUT2D eigenvalue weighted by molar-refractivity contribution is 0.0509. The second-order valence-electron chi connectivity index (χ2n) is 6.05. The summed E-state index contributed by atoms with van der Waals surface area (Å²) in [6, 6.07) is 19.2. The Hall–Kier alpha value is -3.47. The first-order valence-electron chi connectivity index (χ1n) is 8.48. The zero-order valence-corrected chi connectivity index (χ0v) is 14.9. The minimum atomic E-state index is -0.416. The van der Waals surface area contributed by atoms with Crippen LogP contribution in [0.25, 0.3) is 11.1 Å². The molecule has 27 heavy (non-hydrogen) atoms. The van der Waals surface area contributed by atoms with Crippen LogP contribution in [0.5, 0.6) is 17.2 Å². The van der Waals surface area contributed by atoms with E-state index in [9.17, 15) is 15.0 Å². The summed E-state index contributed by atoms with van der Waals surface area (Å²) in [5.41, 5.74) is 3.17. The molecule has 3 aromatic rings. The normalized spacial score (nSPS) is 10.4. The fourth-order valence-electron chi connectivity index (χ4n) is 2.73. The number of ether oxygens (including phenoxy) is 2. The van der Waals surface area contributed by atoms with Gasteiger partial charge in [0.2, 0.25) is 0 Å². The van der Waals surface area contributed by atoms with Gasteiger partial charge in [0.15, 0.2) is 0 Å². The van der Waals surface area contributed by atoms with Crippen molar-refractivity contribution in [1.82, 2.24) is 0 Å². The first-order valence-corrected chi connectivity index (χ1v) is 8.48. The summed E-state index contributed by atoms with van der Waals surface area (Å²) in [4.78, 5) is 12.2. The van der Waals surface area contributed by atoms with Crippen molar-refractivity contribution in [3.63, 3.8) is 0 Å². The molecule has 138 valence electrons. The van der Waals surface area contributed by atoms with Crippen LogP contribution in [-0.2, 0) is 11.2 Å². The van der Waals surface area contributed by atoms with Gasteiger partial charge in [-0.15, -0.1) is 0 Å². The number of benzene rings is 3. The van der Waals surface area contributed by atoms with Crippen molar-refractivity contribution < 1.29 is 24.5 Å². The van der Waals surface area contributed by atoms with Gasteiger partial charge in [-0.25, -0.2) is 4.79 Å². The van der Waals surface area contributed by atoms with Crippen LogP contribution < -0.4 is 4.74 Å². The molecule has 0 aromatic heterocycles. The Bertz CT molecular complexity index is 894. The van der Waals surface area contributed by atoms with Gasteiger partial charge in [-0.05, 0) is 53.1 Å². The lowest BCUT2D eigenvalue weighted by atomic mass is 10.0. The molecule has 0 aliphatic rings. The largest absolute Gasteiger partial charge is 0.508 e. The molecule has 0 heterocycles. The Balaban J connectivity index is 1.58. The first-order chi connectivity index (χ1) is 13.0. The fraction of sp³-hybridized carbons (Fsp3) is 0.136. The molecule has 0 aliphatic heterocycles. The molecule has 0 amide bonds. The third kappa shape index (κ3) is 4.79. The second kappa shape index (κ2) is 8.27. The SMILES string of the molecule is COc1ccc(-c2ccc(C(=O)OCCc3cc(O)cc(O)c3)cc2)cc1. The number of esters is 1. The van der Waals surface area contributed by atoms with Crippen LogP contribution in [0, 0.1) is 0 Å². The Kier molecular flexibility index (Phi) is 5.61. The van der Waals surface area contributed by atoms with Crippen LogP contribution in [0.3, 0.4) is 0 Å². The molecule has 5 heteroatoms. The van der Waals surface area contributed by atoms with E-state index in [1.54, 1.807) is 19.2 Å². The van der Waals surface area contributed by atoms with E-state index in [1.807, 2.05) is 36.4 Å². The van der Waals surface area contributed by atoms with Crippen LogP contribution in [0.4, 0.5) is 0 Å². The van der Waals surface area contributed by atoms with E-state index in [-0.39, 0.29) is 18.1 Å². The van der Waals surface area contributed by atoms with Crippen LogP contribution in [0.2, 0.25) is 0 Å². The molecule has 3 rings (SSSR count). The first kappa shape index (κ1) is 18.3. The molecule has 2 N–H and O–H groups in total. The molecule has 0 spiro atoms. The van der Waals surface area contributed by atoms with Gasteiger partial charge in [0.25, 0.3) is 0 Å². The van der Waals surface area contributed by atoms with Gasteiger partial charge in [0, 0.05) is 12.5 Å². The van der Waals surface area contributed by atoms with Gasteiger partial charge in [0.05, 0.1) is 19.3 Å². The maximum absolute atomic E-state index is 12.2. The van der Waals surface area contributed by atoms with E-state index in [0.717, 1.165) is 16.9 Å². The molecule has 5 nitrogen and oxygen atoms in total. The predicted octanol–water partition coefficient (Wildman–Crippen LogP) is 4.17.